The van der Waals surface area contributed by atoms with E-state index >= 15 is 0 Å². The van der Waals surface area contributed by atoms with Crippen LogP contribution in [0.25, 0.3) is 5.76 Å². The first kappa shape index (κ1) is 16.9. The number of allylic oxidation sites excluding steroid dienone is 7. The third-order valence-electron chi connectivity index (χ3n) is 2.73. The van der Waals surface area contributed by atoms with Crippen LogP contribution in [-0.4, -0.2) is 0 Å². The summed E-state index contributed by atoms with van der Waals surface area (Å²) in [6.07, 6.45) is 11.3. The van der Waals surface area contributed by atoms with Gasteiger partial charge in [-0.15, -0.1) is 5.76 Å². The van der Waals surface area contributed by atoms with Gasteiger partial charge in [-0.2, -0.15) is 18.2 Å². The van der Waals surface area contributed by atoms with Crippen LogP contribution in [0.1, 0.15) is 5.56 Å². The van der Waals surface area contributed by atoms with Gasteiger partial charge in [0.15, 0.2) is 0 Å². The van der Waals surface area contributed by atoms with Crippen molar-refractivity contribution in [3.8, 4) is 0 Å². The molecule has 0 saturated heterocycles. The molecule has 0 unspecified atom stereocenters. The summed E-state index contributed by atoms with van der Waals surface area (Å²) in [5, 5.41) is 11.7. The fraction of sp³-hybridized carbons (Fsp3) is 0. The molecular formula is C19H16FeO. The van der Waals surface area contributed by atoms with Crippen LogP contribution in [0.2, 0.25) is 0 Å². The van der Waals surface area contributed by atoms with Crippen molar-refractivity contribution in [2.45, 2.75) is 0 Å². The van der Waals surface area contributed by atoms with E-state index in [9.17, 15) is 5.11 Å². The van der Waals surface area contributed by atoms with E-state index < -0.39 is 0 Å². The summed E-state index contributed by atoms with van der Waals surface area (Å²) in [6.45, 7) is 0. The second-order valence-corrected chi connectivity index (χ2v) is 4.24. The molecule has 0 saturated carbocycles. The Morgan fingerprint density at radius 1 is 0.905 bits per heavy atom. The van der Waals surface area contributed by atoms with Gasteiger partial charge in [0.2, 0.25) is 0 Å². The summed E-state index contributed by atoms with van der Waals surface area (Å²) < 4.78 is 0. The van der Waals surface area contributed by atoms with E-state index in [0.717, 1.165) is 11.1 Å². The molecule has 0 radical (unpaired) electrons. The van der Waals surface area contributed by atoms with Gasteiger partial charge in [-0.1, -0.05) is 66.8 Å². The minimum Gasteiger partial charge on any atom is -0.872 e. The van der Waals surface area contributed by atoms with Crippen molar-refractivity contribution >= 4 is 5.76 Å². The van der Waals surface area contributed by atoms with Crippen molar-refractivity contribution in [2.24, 2.45) is 0 Å². The van der Waals surface area contributed by atoms with Crippen LogP contribution in [0.3, 0.4) is 0 Å². The second kappa shape index (κ2) is 9.71. The van der Waals surface area contributed by atoms with Gasteiger partial charge in [-0.25, -0.2) is 12.1 Å². The van der Waals surface area contributed by atoms with E-state index in [1.165, 1.54) is 0 Å². The van der Waals surface area contributed by atoms with Gasteiger partial charge in [0.05, 0.1) is 0 Å². The van der Waals surface area contributed by atoms with Gasteiger partial charge >= 0.3 is 17.1 Å². The third kappa shape index (κ3) is 6.22. The maximum atomic E-state index is 11.7. The minimum absolute atomic E-state index is 0. The molecule has 0 N–H and O–H groups in total. The Hall–Kier alpha value is -2.15. The molecule has 0 aliphatic heterocycles. The van der Waals surface area contributed by atoms with E-state index in [1.54, 1.807) is 6.08 Å². The van der Waals surface area contributed by atoms with Crippen LogP contribution in [0.15, 0.2) is 103 Å². The molecule has 1 aliphatic carbocycles. The van der Waals surface area contributed by atoms with Crippen molar-refractivity contribution in [1.82, 2.24) is 0 Å². The summed E-state index contributed by atoms with van der Waals surface area (Å²) >= 11 is 0. The molecule has 106 valence electrons. The molecule has 0 bridgehead atoms. The Labute approximate surface area is 136 Å². The topological polar surface area (TPSA) is 23.1 Å². The maximum absolute atomic E-state index is 11.7. The molecule has 0 aromatic heterocycles. The standard InChI is InChI=1S/C14H12O.C5H5.Fe/c15-14(13-8-2-1-3-9-13)11-10-12-6-4-5-7-12;1-2-4-5-3-1;/h1-11,15H;1-5H;/q;-1;+2/p-1/b14-11+;;. The molecule has 0 amide bonds. The molecule has 0 atom stereocenters. The van der Waals surface area contributed by atoms with E-state index in [0.29, 0.717) is 0 Å². The number of hydrogen-bond acceptors (Lipinski definition) is 1. The number of benzene rings is 1. The van der Waals surface area contributed by atoms with Gasteiger partial charge in [0.1, 0.15) is 0 Å². The smallest absolute Gasteiger partial charge is 0.872 e. The van der Waals surface area contributed by atoms with Gasteiger partial charge in [0, 0.05) is 0 Å². The van der Waals surface area contributed by atoms with E-state index in [2.05, 4.69) is 0 Å². The van der Waals surface area contributed by atoms with Crippen LogP contribution >= 0.6 is 0 Å². The van der Waals surface area contributed by atoms with Gasteiger partial charge < -0.3 is 5.11 Å². The minimum atomic E-state index is 0. The Morgan fingerprint density at radius 3 is 2.05 bits per heavy atom. The molecule has 1 nitrogen and oxygen atoms in total. The van der Waals surface area contributed by atoms with Crippen LogP contribution < -0.4 is 5.11 Å². The molecule has 21 heavy (non-hydrogen) atoms. The van der Waals surface area contributed by atoms with Crippen molar-refractivity contribution in [1.29, 1.82) is 0 Å². The van der Waals surface area contributed by atoms with Crippen LogP contribution in [0, 0.1) is 0 Å². The molecule has 0 fully saturated rings. The molecule has 2 heteroatoms. The Kier molecular flexibility index (Phi) is 7.81. The molecule has 0 heterocycles. The maximum Gasteiger partial charge on any atom is 2.00 e. The van der Waals surface area contributed by atoms with Gasteiger partial charge in [-0.3, -0.25) is 0 Å². The summed E-state index contributed by atoms with van der Waals surface area (Å²) in [7, 11) is 0. The molecule has 3 rings (SSSR count). The third-order valence-corrected chi connectivity index (χ3v) is 2.73. The summed E-state index contributed by atoms with van der Waals surface area (Å²) in [6, 6.07) is 19.3. The quantitative estimate of drug-likeness (QED) is 0.469. The van der Waals surface area contributed by atoms with Crippen LogP contribution in [-0.2, 0) is 17.1 Å². The summed E-state index contributed by atoms with van der Waals surface area (Å²) in [4.78, 5) is 0. The second-order valence-electron chi connectivity index (χ2n) is 4.24. The Bertz CT molecular complexity index is 586. The van der Waals surface area contributed by atoms with Crippen molar-refractivity contribution in [3.05, 3.63) is 108 Å². The SMILES string of the molecule is [Fe+2].[O-]/C(=C/C=C1C=CC=C1)c1ccccc1.c1cc[cH-]c1. The van der Waals surface area contributed by atoms with Gasteiger partial charge in [-0.05, 0) is 11.1 Å². The van der Waals surface area contributed by atoms with Gasteiger partial charge in [0.25, 0.3) is 0 Å². The van der Waals surface area contributed by atoms with Crippen molar-refractivity contribution < 1.29 is 22.2 Å². The van der Waals surface area contributed by atoms with Crippen LogP contribution in [0.4, 0.5) is 0 Å². The average molecular weight is 316 g/mol. The van der Waals surface area contributed by atoms with Crippen molar-refractivity contribution in [3.63, 3.8) is 0 Å². The van der Waals surface area contributed by atoms with E-state index in [-0.39, 0.29) is 22.8 Å². The monoisotopic (exact) mass is 316 g/mol. The predicted octanol–water partition coefficient (Wildman–Crippen LogP) is 3.84. The number of hydrogen-bond donors (Lipinski definition) is 0. The van der Waals surface area contributed by atoms with Crippen LogP contribution in [0.5, 0.6) is 0 Å². The molecule has 0 spiro atoms. The molecule has 1 aliphatic rings. The largest absolute Gasteiger partial charge is 2.00 e. The Balaban J connectivity index is 0.000000313. The van der Waals surface area contributed by atoms with E-state index in [1.807, 2.05) is 91.0 Å². The molecular weight excluding hydrogens is 300 g/mol. The van der Waals surface area contributed by atoms with Crippen molar-refractivity contribution in [2.75, 3.05) is 0 Å². The molecule has 2 aromatic carbocycles. The first-order chi connectivity index (χ1) is 9.86. The Morgan fingerprint density at radius 2 is 1.52 bits per heavy atom. The fourth-order valence-corrected chi connectivity index (χ4v) is 1.69. The summed E-state index contributed by atoms with van der Waals surface area (Å²) in [5.74, 6) is 0.0387. The first-order valence-corrected chi connectivity index (χ1v) is 6.52. The normalized spacial score (nSPS) is 12.4. The zero-order chi connectivity index (χ0) is 14.0. The number of rotatable bonds is 2. The first-order valence-electron chi connectivity index (χ1n) is 6.52. The average Bonchev–Trinajstić information content (AvgIpc) is 3.21. The zero-order valence-corrected chi connectivity index (χ0v) is 12.6. The van der Waals surface area contributed by atoms with E-state index in [4.69, 9.17) is 0 Å². The fourth-order valence-electron chi connectivity index (χ4n) is 1.69. The zero-order valence-electron chi connectivity index (χ0n) is 11.5. The predicted molar refractivity (Wildman–Crippen MR) is 82.8 cm³/mol. The molecule has 2 aromatic rings. The summed E-state index contributed by atoms with van der Waals surface area (Å²) in [5.41, 5.74) is 1.78.